The molecule has 0 aliphatic carbocycles. The standard InChI is InChI=1S/C12H19O4P/c1-4-16-17(13,5-2)12-9-7-6-8-11(12)15-10-14-3/h6-9H,4-5,10H2,1-3H3/t17-/m0/s1. The molecule has 0 saturated carbocycles. The van der Waals surface area contributed by atoms with Crippen molar-refractivity contribution in [1.82, 2.24) is 0 Å². The molecule has 0 unspecified atom stereocenters. The lowest BCUT2D eigenvalue weighted by Crippen LogP contribution is -2.14. The minimum Gasteiger partial charge on any atom is -0.467 e. The highest BCUT2D eigenvalue weighted by Crippen LogP contribution is 2.47. The van der Waals surface area contributed by atoms with Crippen LogP contribution in [0.3, 0.4) is 0 Å². The molecule has 1 atom stereocenters. The van der Waals surface area contributed by atoms with Gasteiger partial charge in [-0.3, -0.25) is 4.57 Å². The maximum atomic E-state index is 12.6. The van der Waals surface area contributed by atoms with E-state index in [1.165, 1.54) is 0 Å². The van der Waals surface area contributed by atoms with Gasteiger partial charge in [0.05, 0.1) is 11.9 Å². The van der Waals surface area contributed by atoms with E-state index < -0.39 is 7.37 Å². The summed E-state index contributed by atoms with van der Waals surface area (Å²) in [5, 5.41) is 0.626. The summed E-state index contributed by atoms with van der Waals surface area (Å²) in [6, 6.07) is 7.22. The van der Waals surface area contributed by atoms with Crippen LogP contribution in [0.4, 0.5) is 0 Å². The number of rotatable bonds is 7. The van der Waals surface area contributed by atoms with Crippen LogP contribution in [-0.2, 0) is 13.8 Å². The molecule has 0 heterocycles. The van der Waals surface area contributed by atoms with Crippen molar-refractivity contribution in [2.24, 2.45) is 0 Å². The van der Waals surface area contributed by atoms with Crippen LogP contribution in [-0.4, -0.2) is 26.7 Å². The Morgan fingerprint density at radius 1 is 1.24 bits per heavy atom. The topological polar surface area (TPSA) is 44.8 Å². The van der Waals surface area contributed by atoms with Crippen molar-refractivity contribution >= 4 is 12.7 Å². The Kier molecular flexibility index (Phi) is 5.69. The van der Waals surface area contributed by atoms with Crippen molar-refractivity contribution in [2.45, 2.75) is 13.8 Å². The van der Waals surface area contributed by atoms with Gasteiger partial charge in [0.25, 0.3) is 0 Å². The van der Waals surface area contributed by atoms with Crippen LogP contribution in [0.1, 0.15) is 13.8 Å². The number of ether oxygens (including phenoxy) is 2. The highest BCUT2D eigenvalue weighted by atomic mass is 31.2. The molecule has 4 nitrogen and oxygen atoms in total. The summed E-state index contributed by atoms with van der Waals surface area (Å²) in [7, 11) is -1.26. The predicted molar refractivity (Wildman–Crippen MR) is 68.4 cm³/mol. The predicted octanol–water partition coefficient (Wildman–Crippen LogP) is 2.63. The van der Waals surface area contributed by atoms with Gasteiger partial charge in [-0.2, -0.15) is 0 Å². The molecule has 17 heavy (non-hydrogen) atoms. The molecule has 0 amide bonds. The molecule has 1 rings (SSSR count). The number of methoxy groups -OCH3 is 1. The molecule has 0 aliphatic rings. The van der Waals surface area contributed by atoms with E-state index in [9.17, 15) is 4.57 Å². The van der Waals surface area contributed by atoms with Gasteiger partial charge in [0.15, 0.2) is 6.79 Å². The lowest BCUT2D eigenvalue weighted by atomic mass is 10.3. The monoisotopic (exact) mass is 258 g/mol. The van der Waals surface area contributed by atoms with Gasteiger partial charge >= 0.3 is 0 Å². The smallest absolute Gasteiger partial charge is 0.235 e. The van der Waals surface area contributed by atoms with Gasteiger partial charge in [0, 0.05) is 13.3 Å². The van der Waals surface area contributed by atoms with E-state index in [1.807, 2.05) is 26.0 Å². The average Bonchev–Trinajstić information content (AvgIpc) is 2.37. The first-order valence-corrected chi connectivity index (χ1v) is 7.43. The van der Waals surface area contributed by atoms with E-state index in [0.717, 1.165) is 0 Å². The van der Waals surface area contributed by atoms with Crippen LogP contribution < -0.4 is 10.0 Å². The minimum absolute atomic E-state index is 0.132. The summed E-state index contributed by atoms with van der Waals surface area (Å²) in [5.41, 5.74) is 0. The Morgan fingerprint density at radius 2 is 1.94 bits per heavy atom. The fraction of sp³-hybridized carbons (Fsp3) is 0.500. The van der Waals surface area contributed by atoms with Crippen LogP contribution >= 0.6 is 7.37 Å². The molecular weight excluding hydrogens is 239 g/mol. The van der Waals surface area contributed by atoms with Crippen molar-refractivity contribution in [3.63, 3.8) is 0 Å². The van der Waals surface area contributed by atoms with Crippen LogP contribution in [0.25, 0.3) is 0 Å². The maximum absolute atomic E-state index is 12.6. The Labute approximate surface area is 102 Å². The Hall–Kier alpha value is -0.830. The first-order valence-electron chi connectivity index (χ1n) is 5.62. The molecule has 0 N–H and O–H groups in total. The lowest BCUT2D eigenvalue weighted by Gasteiger charge is -2.19. The summed E-state index contributed by atoms with van der Waals surface area (Å²) >= 11 is 0. The maximum Gasteiger partial charge on any atom is 0.235 e. The number of benzene rings is 1. The van der Waals surface area contributed by atoms with Gasteiger partial charge in [0.2, 0.25) is 7.37 Å². The number of para-hydroxylation sites is 1. The summed E-state index contributed by atoms with van der Waals surface area (Å²) < 4.78 is 28.3. The average molecular weight is 258 g/mol. The van der Waals surface area contributed by atoms with Crippen molar-refractivity contribution in [3.8, 4) is 5.75 Å². The van der Waals surface area contributed by atoms with E-state index >= 15 is 0 Å². The third kappa shape index (κ3) is 3.56. The summed E-state index contributed by atoms with van der Waals surface area (Å²) in [4.78, 5) is 0. The Morgan fingerprint density at radius 3 is 2.53 bits per heavy atom. The molecule has 0 spiro atoms. The summed E-state index contributed by atoms with van der Waals surface area (Å²) in [5.74, 6) is 0.563. The third-order valence-electron chi connectivity index (χ3n) is 2.32. The van der Waals surface area contributed by atoms with Gasteiger partial charge < -0.3 is 14.0 Å². The van der Waals surface area contributed by atoms with E-state index in [0.29, 0.717) is 23.8 Å². The number of hydrogen-bond donors (Lipinski definition) is 0. The zero-order valence-corrected chi connectivity index (χ0v) is 11.4. The summed E-state index contributed by atoms with van der Waals surface area (Å²) in [6.45, 7) is 4.24. The second kappa shape index (κ2) is 6.80. The highest BCUT2D eigenvalue weighted by Gasteiger charge is 2.26. The van der Waals surface area contributed by atoms with Gasteiger partial charge in [0.1, 0.15) is 5.75 Å². The fourth-order valence-electron chi connectivity index (χ4n) is 1.52. The molecule has 0 radical (unpaired) electrons. The molecular formula is C12H19O4P. The largest absolute Gasteiger partial charge is 0.467 e. The van der Waals surface area contributed by atoms with Crippen molar-refractivity contribution in [3.05, 3.63) is 24.3 Å². The van der Waals surface area contributed by atoms with E-state index in [1.54, 1.807) is 19.2 Å². The Bertz CT molecular complexity index is 392. The molecule has 96 valence electrons. The van der Waals surface area contributed by atoms with Crippen molar-refractivity contribution < 1.29 is 18.6 Å². The SMILES string of the molecule is CCO[P@@](=O)(CC)c1ccccc1OCOC. The lowest BCUT2D eigenvalue weighted by molar-refractivity contribution is 0.0518. The quantitative estimate of drug-likeness (QED) is 0.557. The van der Waals surface area contributed by atoms with Gasteiger partial charge in [-0.25, -0.2) is 0 Å². The van der Waals surface area contributed by atoms with Gasteiger partial charge in [-0.1, -0.05) is 19.1 Å². The summed E-state index contributed by atoms with van der Waals surface area (Å²) in [6.07, 6.45) is 0.453. The second-order valence-electron chi connectivity index (χ2n) is 3.43. The third-order valence-corrected chi connectivity index (χ3v) is 4.93. The van der Waals surface area contributed by atoms with E-state index in [2.05, 4.69) is 0 Å². The van der Waals surface area contributed by atoms with Gasteiger partial charge in [-0.15, -0.1) is 0 Å². The molecule has 1 aromatic carbocycles. The van der Waals surface area contributed by atoms with Crippen molar-refractivity contribution in [2.75, 3.05) is 26.7 Å². The highest BCUT2D eigenvalue weighted by molar-refractivity contribution is 7.67. The van der Waals surface area contributed by atoms with Crippen LogP contribution in [0, 0.1) is 0 Å². The molecule has 1 aromatic rings. The minimum atomic E-state index is -2.81. The molecule has 5 heteroatoms. The zero-order chi connectivity index (χ0) is 12.7. The zero-order valence-electron chi connectivity index (χ0n) is 10.5. The number of hydrogen-bond acceptors (Lipinski definition) is 4. The molecule has 0 bridgehead atoms. The van der Waals surface area contributed by atoms with Gasteiger partial charge in [-0.05, 0) is 19.1 Å². The first-order chi connectivity index (χ1) is 8.18. The van der Waals surface area contributed by atoms with Crippen molar-refractivity contribution in [1.29, 1.82) is 0 Å². The Balaban J connectivity index is 3.05. The normalized spacial score (nSPS) is 14.3. The van der Waals surface area contributed by atoms with Crippen LogP contribution in [0.2, 0.25) is 0 Å². The van der Waals surface area contributed by atoms with Crippen LogP contribution in [0.15, 0.2) is 24.3 Å². The van der Waals surface area contributed by atoms with Crippen LogP contribution in [0.5, 0.6) is 5.75 Å². The second-order valence-corrected chi connectivity index (χ2v) is 6.15. The molecule has 0 fully saturated rings. The molecule has 0 aliphatic heterocycles. The molecule has 0 aromatic heterocycles. The fourth-order valence-corrected chi connectivity index (χ4v) is 3.39. The first kappa shape index (κ1) is 14.2. The van der Waals surface area contributed by atoms with E-state index in [4.69, 9.17) is 14.0 Å². The van der Waals surface area contributed by atoms with E-state index in [-0.39, 0.29) is 6.79 Å². The molecule has 0 saturated heterocycles.